The second kappa shape index (κ2) is 6.39. The van der Waals surface area contributed by atoms with Gasteiger partial charge in [0.1, 0.15) is 11.7 Å². The fourth-order valence-corrected chi connectivity index (χ4v) is 2.12. The van der Waals surface area contributed by atoms with Gasteiger partial charge in [0.05, 0.1) is 12.8 Å². The lowest BCUT2D eigenvalue weighted by Gasteiger charge is -2.15. The molecule has 104 valence electrons. The van der Waals surface area contributed by atoms with Crippen molar-refractivity contribution in [1.82, 2.24) is 4.98 Å². The molecule has 0 saturated carbocycles. The molecule has 1 N–H and O–H groups in total. The van der Waals surface area contributed by atoms with Crippen LogP contribution in [0.3, 0.4) is 0 Å². The molecule has 0 aliphatic heterocycles. The number of ether oxygens (including phenoxy) is 1. The molecule has 4 nitrogen and oxygen atoms in total. The molecule has 1 atom stereocenters. The fourth-order valence-electron chi connectivity index (χ4n) is 1.99. The average molecular weight is 292 g/mol. The van der Waals surface area contributed by atoms with Crippen LogP contribution in [-0.2, 0) is 11.2 Å². The van der Waals surface area contributed by atoms with Crippen molar-refractivity contribution in [3.05, 3.63) is 58.9 Å². The number of hydrogen-bond acceptors (Lipinski definition) is 3. The maximum atomic E-state index is 11.5. The molecule has 0 bridgehead atoms. The molecule has 1 unspecified atom stereocenters. The number of carbonyl (C=O) groups is 1. The van der Waals surface area contributed by atoms with Crippen LogP contribution >= 0.6 is 11.6 Å². The minimum Gasteiger partial charge on any atom is -0.495 e. The first kappa shape index (κ1) is 14.3. The Labute approximate surface area is 122 Å². The number of carboxylic acid groups (broad SMARTS) is 1. The highest BCUT2D eigenvalue weighted by Gasteiger charge is 2.25. The van der Waals surface area contributed by atoms with Gasteiger partial charge >= 0.3 is 5.97 Å². The molecule has 0 saturated heterocycles. The molecular formula is C15H14ClNO3. The normalized spacial score (nSPS) is 11.9. The number of halogens is 1. The predicted octanol–water partition coefficient (Wildman–Crippen LogP) is 3.15. The smallest absolute Gasteiger partial charge is 0.313 e. The Morgan fingerprint density at radius 2 is 2.05 bits per heavy atom. The average Bonchev–Trinajstić information content (AvgIpc) is 2.46. The van der Waals surface area contributed by atoms with Crippen LogP contribution in [0.2, 0.25) is 5.02 Å². The molecule has 0 amide bonds. The van der Waals surface area contributed by atoms with Gasteiger partial charge in [0.25, 0.3) is 0 Å². The van der Waals surface area contributed by atoms with E-state index in [1.54, 1.807) is 30.5 Å². The van der Waals surface area contributed by atoms with Crippen LogP contribution in [0, 0.1) is 0 Å². The van der Waals surface area contributed by atoms with Crippen molar-refractivity contribution >= 4 is 17.6 Å². The minimum atomic E-state index is -0.933. The van der Waals surface area contributed by atoms with Crippen LogP contribution in [0.5, 0.6) is 5.75 Å². The maximum absolute atomic E-state index is 11.5. The van der Waals surface area contributed by atoms with Gasteiger partial charge in [-0.05, 0) is 36.2 Å². The predicted molar refractivity (Wildman–Crippen MR) is 76.3 cm³/mol. The monoisotopic (exact) mass is 291 g/mol. The lowest BCUT2D eigenvalue weighted by molar-refractivity contribution is -0.138. The zero-order valence-corrected chi connectivity index (χ0v) is 11.7. The summed E-state index contributed by atoms with van der Waals surface area (Å²) in [5, 5.41) is 10.1. The standard InChI is InChI=1S/C15H14ClNO3/c1-20-13-3-2-8-17-14(13)12(15(18)19)9-10-4-6-11(16)7-5-10/h2-8,12H,9H2,1H3,(H,18,19). The number of hydrogen-bond donors (Lipinski definition) is 1. The largest absolute Gasteiger partial charge is 0.495 e. The zero-order chi connectivity index (χ0) is 14.5. The molecule has 20 heavy (non-hydrogen) atoms. The SMILES string of the molecule is COc1cccnc1C(Cc1ccc(Cl)cc1)C(=O)O. The lowest BCUT2D eigenvalue weighted by Crippen LogP contribution is -2.16. The van der Waals surface area contributed by atoms with Gasteiger partial charge in [-0.25, -0.2) is 0 Å². The van der Waals surface area contributed by atoms with Gasteiger partial charge in [-0.2, -0.15) is 0 Å². The molecule has 1 heterocycles. The Hall–Kier alpha value is -2.07. The Morgan fingerprint density at radius 1 is 1.35 bits per heavy atom. The summed E-state index contributed by atoms with van der Waals surface area (Å²) < 4.78 is 5.19. The first-order valence-electron chi connectivity index (χ1n) is 6.08. The van der Waals surface area contributed by atoms with Gasteiger partial charge in [0, 0.05) is 11.2 Å². The van der Waals surface area contributed by atoms with Crippen molar-refractivity contribution in [3.63, 3.8) is 0 Å². The van der Waals surface area contributed by atoms with Crippen molar-refractivity contribution in [2.24, 2.45) is 0 Å². The summed E-state index contributed by atoms with van der Waals surface area (Å²) in [6, 6.07) is 10.5. The third kappa shape index (κ3) is 3.27. The summed E-state index contributed by atoms with van der Waals surface area (Å²) in [7, 11) is 1.50. The molecule has 0 fully saturated rings. The van der Waals surface area contributed by atoms with Crippen molar-refractivity contribution in [2.45, 2.75) is 12.3 Å². The molecule has 0 aliphatic carbocycles. The number of benzene rings is 1. The highest BCUT2D eigenvalue weighted by Crippen LogP contribution is 2.27. The number of methoxy groups -OCH3 is 1. The number of carboxylic acids is 1. The van der Waals surface area contributed by atoms with Gasteiger partial charge in [0.2, 0.25) is 0 Å². The topological polar surface area (TPSA) is 59.4 Å². The molecule has 1 aromatic heterocycles. The molecule has 5 heteroatoms. The van der Waals surface area contributed by atoms with E-state index in [-0.39, 0.29) is 0 Å². The fraction of sp³-hybridized carbons (Fsp3) is 0.200. The minimum absolute atomic E-state index is 0.333. The van der Waals surface area contributed by atoms with Gasteiger partial charge in [-0.3, -0.25) is 9.78 Å². The van der Waals surface area contributed by atoms with E-state index in [2.05, 4.69) is 4.98 Å². The Morgan fingerprint density at radius 3 is 2.65 bits per heavy atom. The summed E-state index contributed by atoms with van der Waals surface area (Å²) >= 11 is 5.83. The number of aromatic nitrogens is 1. The number of aliphatic carboxylic acids is 1. The lowest BCUT2D eigenvalue weighted by atomic mass is 9.95. The third-order valence-corrected chi connectivity index (χ3v) is 3.25. The van der Waals surface area contributed by atoms with Gasteiger partial charge in [-0.15, -0.1) is 0 Å². The van der Waals surface area contributed by atoms with Gasteiger partial charge in [0.15, 0.2) is 0 Å². The van der Waals surface area contributed by atoms with E-state index in [4.69, 9.17) is 16.3 Å². The van der Waals surface area contributed by atoms with Crippen LogP contribution in [0.15, 0.2) is 42.6 Å². The third-order valence-electron chi connectivity index (χ3n) is 3.00. The highest BCUT2D eigenvalue weighted by molar-refractivity contribution is 6.30. The van der Waals surface area contributed by atoms with E-state index in [1.165, 1.54) is 7.11 Å². The van der Waals surface area contributed by atoms with Crippen molar-refractivity contribution in [2.75, 3.05) is 7.11 Å². The first-order valence-corrected chi connectivity index (χ1v) is 6.45. The van der Waals surface area contributed by atoms with Crippen LogP contribution in [0.25, 0.3) is 0 Å². The van der Waals surface area contributed by atoms with Crippen LogP contribution in [0.4, 0.5) is 0 Å². The molecule has 1 aromatic carbocycles. The van der Waals surface area contributed by atoms with Crippen molar-refractivity contribution < 1.29 is 14.6 Å². The van der Waals surface area contributed by atoms with Crippen molar-refractivity contribution in [1.29, 1.82) is 0 Å². The van der Waals surface area contributed by atoms with E-state index >= 15 is 0 Å². The van der Waals surface area contributed by atoms with Gasteiger partial charge in [-0.1, -0.05) is 23.7 Å². The molecule has 0 spiro atoms. The summed E-state index contributed by atoms with van der Waals surface area (Å²) in [5.74, 6) is -1.21. The van der Waals surface area contributed by atoms with Crippen LogP contribution < -0.4 is 4.74 Å². The Balaban J connectivity index is 2.32. The molecule has 2 aromatic rings. The molecule has 2 rings (SSSR count). The molecule has 0 radical (unpaired) electrons. The summed E-state index contributed by atoms with van der Waals surface area (Å²) in [6.07, 6.45) is 1.90. The molecule has 0 aliphatic rings. The molecular weight excluding hydrogens is 278 g/mol. The number of nitrogens with zero attached hydrogens (tertiary/aromatic N) is 1. The number of pyridine rings is 1. The van der Waals surface area contributed by atoms with Crippen LogP contribution in [0.1, 0.15) is 17.2 Å². The first-order chi connectivity index (χ1) is 9.61. The number of rotatable bonds is 5. The van der Waals surface area contributed by atoms with E-state index in [0.29, 0.717) is 22.9 Å². The highest BCUT2D eigenvalue weighted by atomic mass is 35.5. The van der Waals surface area contributed by atoms with E-state index in [1.807, 2.05) is 12.1 Å². The summed E-state index contributed by atoms with van der Waals surface area (Å²) in [6.45, 7) is 0. The van der Waals surface area contributed by atoms with E-state index in [9.17, 15) is 9.90 Å². The summed E-state index contributed by atoms with van der Waals surface area (Å²) in [5.41, 5.74) is 1.31. The summed E-state index contributed by atoms with van der Waals surface area (Å²) in [4.78, 5) is 15.7. The second-order valence-electron chi connectivity index (χ2n) is 4.31. The maximum Gasteiger partial charge on any atom is 0.313 e. The Kier molecular flexibility index (Phi) is 4.58. The quantitative estimate of drug-likeness (QED) is 0.919. The second-order valence-corrected chi connectivity index (χ2v) is 4.75. The van der Waals surface area contributed by atoms with Gasteiger partial charge < -0.3 is 9.84 Å². The van der Waals surface area contributed by atoms with E-state index < -0.39 is 11.9 Å². The van der Waals surface area contributed by atoms with E-state index in [0.717, 1.165) is 5.56 Å². The Bertz CT molecular complexity index is 598. The van der Waals surface area contributed by atoms with Crippen LogP contribution in [-0.4, -0.2) is 23.2 Å². The van der Waals surface area contributed by atoms with Crippen molar-refractivity contribution in [3.8, 4) is 5.75 Å². The zero-order valence-electron chi connectivity index (χ0n) is 10.9.